The van der Waals surface area contributed by atoms with Crippen LogP contribution in [0.5, 0.6) is 0 Å². The highest BCUT2D eigenvalue weighted by molar-refractivity contribution is 6.42. The highest BCUT2D eigenvalue weighted by Gasteiger charge is 2.26. The molecule has 0 bridgehead atoms. The van der Waals surface area contributed by atoms with Crippen molar-refractivity contribution in [1.29, 1.82) is 0 Å². The monoisotopic (exact) mass is 428 g/mol. The van der Waals surface area contributed by atoms with Crippen LogP contribution in [0.4, 0.5) is 5.82 Å². The number of carbonyl (C=O) groups excluding carboxylic acids is 1. The van der Waals surface area contributed by atoms with E-state index in [1.807, 2.05) is 31.2 Å². The van der Waals surface area contributed by atoms with Crippen LogP contribution in [-0.2, 0) is 4.74 Å². The molecule has 0 unspecified atom stereocenters. The molecule has 2 N–H and O–H groups in total. The number of aromatic nitrogens is 3. The van der Waals surface area contributed by atoms with Gasteiger partial charge in [-0.15, -0.1) is 0 Å². The molecule has 6 nitrogen and oxygen atoms in total. The summed E-state index contributed by atoms with van der Waals surface area (Å²) in [4.78, 5) is 22.2. The van der Waals surface area contributed by atoms with Crippen LogP contribution in [0.1, 0.15) is 30.1 Å². The number of nitrogens with two attached hydrogens (primary N) is 1. The summed E-state index contributed by atoms with van der Waals surface area (Å²) in [6.45, 7) is 2.34. The van der Waals surface area contributed by atoms with Gasteiger partial charge in [0, 0.05) is 0 Å². The molecular weight excluding hydrogens is 411 g/mol. The zero-order valence-electron chi connectivity index (χ0n) is 15.7. The fraction of sp³-hybridized carbons (Fsp3) is 0.190. The molecule has 0 aliphatic carbocycles. The van der Waals surface area contributed by atoms with Crippen LogP contribution in [0.25, 0.3) is 27.9 Å². The summed E-state index contributed by atoms with van der Waals surface area (Å²) >= 11 is 12.3. The summed E-state index contributed by atoms with van der Waals surface area (Å²) in [5.41, 5.74) is 9.40. The maximum Gasteiger partial charge on any atom is 0.344 e. The molecule has 4 aromatic rings. The lowest BCUT2D eigenvalue weighted by Crippen LogP contribution is -2.10. The minimum atomic E-state index is -0.524. The van der Waals surface area contributed by atoms with E-state index in [2.05, 4.69) is 4.98 Å². The highest BCUT2D eigenvalue weighted by atomic mass is 35.5. The van der Waals surface area contributed by atoms with Gasteiger partial charge in [-0.05, 0) is 36.8 Å². The maximum absolute atomic E-state index is 12.8. The second-order valence-electron chi connectivity index (χ2n) is 6.57. The lowest BCUT2D eigenvalue weighted by atomic mass is 10.2. The molecule has 8 heteroatoms. The average molecular weight is 429 g/mol. The number of anilines is 1. The Morgan fingerprint density at radius 2 is 1.83 bits per heavy atom. The fourth-order valence-corrected chi connectivity index (χ4v) is 3.42. The molecule has 0 saturated carbocycles. The molecule has 148 valence electrons. The van der Waals surface area contributed by atoms with Gasteiger partial charge in [0.05, 0.1) is 33.4 Å². The zero-order valence-corrected chi connectivity index (χ0v) is 17.2. The standard InChI is InChI=1S/C21H18Cl2N4O2/c1-2-3-10-29-21(28)17-18-20(26-16-7-5-4-6-15(16)25-18)27(19(17)24)12-8-9-13(22)14(23)11-12/h4-9,11H,2-3,10,24H2,1H3. The molecule has 0 amide bonds. The van der Waals surface area contributed by atoms with Crippen molar-refractivity contribution in [3.05, 3.63) is 58.1 Å². The number of nitrogen functional groups attached to an aromatic ring is 1. The topological polar surface area (TPSA) is 83.0 Å². The second-order valence-corrected chi connectivity index (χ2v) is 7.38. The molecule has 0 aliphatic rings. The van der Waals surface area contributed by atoms with E-state index in [0.29, 0.717) is 44.5 Å². The summed E-state index contributed by atoms with van der Waals surface area (Å²) in [6.07, 6.45) is 1.68. The van der Waals surface area contributed by atoms with Gasteiger partial charge >= 0.3 is 5.97 Å². The number of hydrogen-bond acceptors (Lipinski definition) is 5. The van der Waals surface area contributed by atoms with E-state index < -0.39 is 5.97 Å². The van der Waals surface area contributed by atoms with Crippen molar-refractivity contribution in [1.82, 2.24) is 14.5 Å². The third-order valence-corrected chi connectivity index (χ3v) is 5.33. The van der Waals surface area contributed by atoms with E-state index in [9.17, 15) is 4.79 Å². The van der Waals surface area contributed by atoms with E-state index in [1.54, 1.807) is 22.8 Å². The second kappa shape index (κ2) is 7.89. The minimum absolute atomic E-state index is 0.190. The Balaban J connectivity index is 1.98. The van der Waals surface area contributed by atoms with Crippen molar-refractivity contribution in [3.63, 3.8) is 0 Å². The van der Waals surface area contributed by atoms with E-state index >= 15 is 0 Å². The molecule has 2 aromatic heterocycles. The molecule has 0 radical (unpaired) electrons. The number of halogens is 2. The predicted octanol–water partition coefficient (Wildman–Crippen LogP) is 5.42. The van der Waals surface area contributed by atoms with Gasteiger partial charge in [-0.2, -0.15) is 0 Å². The molecule has 0 aliphatic heterocycles. The predicted molar refractivity (Wildman–Crippen MR) is 116 cm³/mol. The van der Waals surface area contributed by atoms with E-state index in [1.165, 1.54) is 0 Å². The Morgan fingerprint density at radius 3 is 2.52 bits per heavy atom. The van der Waals surface area contributed by atoms with Gasteiger partial charge in [-0.1, -0.05) is 48.7 Å². The largest absolute Gasteiger partial charge is 0.462 e. The Morgan fingerprint density at radius 1 is 1.10 bits per heavy atom. The first-order valence-corrected chi connectivity index (χ1v) is 9.96. The van der Waals surface area contributed by atoms with Crippen molar-refractivity contribution in [3.8, 4) is 5.69 Å². The van der Waals surface area contributed by atoms with Crippen LogP contribution in [0, 0.1) is 0 Å². The number of esters is 1. The number of nitrogens with zero attached hydrogens (tertiary/aromatic N) is 3. The SMILES string of the molecule is CCCCOC(=O)c1c(N)n(-c2ccc(Cl)c(Cl)c2)c2nc3ccccc3nc12. The van der Waals surface area contributed by atoms with E-state index in [0.717, 1.165) is 12.8 Å². The van der Waals surface area contributed by atoms with Gasteiger partial charge in [0.25, 0.3) is 0 Å². The quantitative estimate of drug-likeness (QED) is 0.338. The summed E-state index contributed by atoms with van der Waals surface area (Å²) < 4.78 is 7.06. The zero-order chi connectivity index (χ0) is 20.5. The van der Waals surface area contributed by atoms with Crippen LogP contribution >= 0.6 is 23.2 Å². The highest BCUT2D eigenvalue weighted by Crippen LogP contribution is 2.33. The first-order chi connectivity index (χ1) is 14.0. The Bertz CT molecular complexity index is 1240. The van der Waals surface area contributed by atoms with Crippen molar-refractivity contribution in [2.24, 2.45) is 0 Å². The smallest absolute Gasteiger partial charge is 0.344 e. The van der Waals surface area contributed by atoms with Gasteiger partial charge in [-0.25, -0.2) is 14.8 Å². The normalized spacial score (nSPS) is 11.3. The maximum atomic E-state index is 12.8. The summed E-state index contributed by atoms with van der Waals surface area (Å²) in [5.74, 6) is -0.334. The van der Waals surface area contributed by atoms with Crippen molar-refractivity contribution in [2.45, 2.75) is 19.8 Å². The number of carbonyl (C=O) groups is 1. The van der Waals surface area contributed by atoms with Crippen molar-refractivity contribution in [2.75, 3.05) is 12.3 Å². The molecule has 0 fully saturated rings. The number of fused-ring (bicyclic) bond motifs is 2. The Hall–Kier alpha value is -2.83. The third-order valence-electron chi connectivity index (χ3n) is 4.59. The van der Waals surface area contributed by atoms with E-state index in [-0.39, 0.29) is 11.4 Å². The molecule has 0 atom stereocenters. The van der Waals surface area contributed by atoms with Crippen LogP contribution in [0.15, 0.2) is 42.5 Å². The molecule has 2 heterocycles. The molecule has 0 saturated heterocycles. The van der Waals surface area contributed by atoms with Crippen LogP contribution in [0.3, 0.4) is 0 Å². The molecule has 0 spiro atoms. The number of ether oxygens (including phenoxy) is 1. The summed E-state index contributed by atoms with van der Waals surface area (Å²) in [5, 5.41) is 0.785. The lowest BCUT2D eigenvalue weighted by molar-refractivity contribution is 0.0503. The average Bonchev–Trinajstić information content (AvgIpc) is 2.99. The van der Waals surface area contributed by atoms with Gasteiger partial charge in [0.1, 0.15) is 16.9 Å². The Kier molecular flexibility index (Phi) is 5.30. The van der Waals surface area contributed by atoms with Gasteiger partial charge in [0.15, 0.2) is 5.65 Å². The molecular formula is C21H18Cl2N4O2. The van der Waals surface area contributed by atoms with Crippen LogP contribution in [0.2, 0.25) is 10.0 Å². The first-order valence-electron chi connectivity index (χ1n) is 9.20. The van der Waals surface area contributed by atoms with E-state index in [4.69, 9.17) is 38.7 Å². The van der Waals surface area contributed by atoms with Crippen LogP contribution in [-0.4, -0.2) is 27.1 Å². The number of benzene rings is 2. The fourth-order valence-electron chi connectivity index (χ4n) is 3.13. The number of para-hydroxylation sites is 2. The summed E-state index contributed by atoms with van der Waals surface area (Å²) in [6, 6.07) is 12.5. The molecule has 2 aromatic carbocycles. The van der Waals surface area contributed by atoms with Gasteiger partial charge in [0.2, 0.25) is 0 Å². The van der Waals surface area contributed by atoms with Crippen molar-refractivity contribution >= 4 is 57.2 Å². The molecule has 29 heavy (non-hydrogen) atoms. The lowest BCUT2D eigenvalue weighted by Gasteiger charge is -2.09. The van der Waals surface area contributed by atoms with Gasteiger partial charge < -0.3 is 10.5 Å². The van der Waals surface area contributed by atoms with Crippen molar-refractivity contribution < 1.29 is 9.53 Å². The number of unbranched alkanes of at least 4 members (excludes halogenated alkanes) is 1. The van der Waals surface area contributed by atoms with Gasteiger partial charge in [-0.3, -0.25) is 4.57 Å². The third kappa shape index (κ3) is 3.50. The first kappa shape index (κ1) is 19.5. The Labute approximate surface area is 177 Å². The summed E-state index contributed by atoms with van der Waals surface area (Å²) in [7, 11) is 0. The minimum Gasteiger partial charge on any atom is -0.462 e. The number of rotatable bonds is 5. The molecule has 4 rings (SSSR count). The van der Waals surface area contributed by atoms with Crippen LogP contribution < -0.4 is 5.73 Å². The number of hydrogen-bond donors (Lipinski definition) is 1.